The molecule has 0 saturated heterocycles. The molecule has 1 fully saturated rings. The van der Waals surface area contributed by atoms with Crippen molar-refractivity contribution in [2.75, 3.05) is 6.54 Å². The molecule has 0 heterocycles. The zero-order valence-corrected chi connectivity index (χ0v) is 10.1. The molecule has 1 aromatic carbocycles. The Morgan fingerprint density at radius 2 is 2.24 bits per heavy atom. The number of nitrogens with two attached hydrogens (primary N) is 1. The predicted molar refractivity (Wildman–Crippen MR) is 68.6 cm³/mol. The molecule has 0 aliphatic heterocycles. The van der Waals surface area contributed by atoms with Gasteiger partial charge >= 0.3 is 0 Å². The van der Waals surface area contributed by atoms with Crippen molar-refractivity contribution in [1.29, 1.82) is 0 Å². The Bertz CT molecular complexity index is 386. The summed E-state index contributed by atoms with van der Waals surface area (Å²) >= 11 is 0. The van der Waals surface area contributed by atoms with Gasteiger partial charge < -0.3 is 11.1 Å². The first-order valence-electron chi connectivity index (χ1n) is 6.33. The summed E-state index contributed by atoms with van der Waals surface area (Å²) in [5.74, 6) is 0.590. The van der Waals surface area contributed by atoms with Crippen LogP contribution < -0.4 is 11.1 Å². The van der Waals surface area contributed by atoms with E-state index in [2.05, 4.69) is 29.6 Å². The van der Waals surface area contributed by atoms with Gasteiger partial charge in [0, 0.05) is 13.0 Å². The second-order valence-corrected chi connectivity index (χ2v) is 4.77. The number of benzene rings is 1. The van der Waals surface area contributed by atoms with Gasteiger partial charge in [0.2, 0.25) is 5.91 Å². The second-order valence-electron chi connectivity index (χ2n) is 4.77. The van der Waals surface area contributed by atoms with Crippen molar-refractivity contribution >= 4 is 5.91 Å². The molecule has 1 amide bonds. The van der Waals surface area contributed by atoms with Gasteiger partial charge in [0.25, 0.3) is 0 Å². The van der Waals surface area contributed by atoms with E-state index < -0.39 is 0 Å². The summed E-state index contributed by atoms with van der Waals surface area (Å²) in [5, 5.41) is 3.34. The topological polar surface area (TPSA) is 55.1 Å². The van der Waals surface area contributed by atoms with Gasteiger partial charge in [-0.05, 0) is 42.9 Å². The normalized spacial score (nSPS) is 14.8. The molecule has 92 valence electrons. The number of carbonyl (C=O) groups is 1. The Hall–Kier alpha value is -1.35. The highest BCUT2D eigenvalue weighted by molar-refractivity contribution is 5.73. The molecular formula is C14H20N2O. The summed E-state index contributed by atoms with van der Waals surface area (Å²) in [6.07, 6.45) is 3.97. The first kappa shape index (κ1) is 12.1. The van der Waals surface area contributed by atoms with Crippen molar-refractivity contribution in [2.45, 2.75) is 38.1 Å². The number of hydrogen-bond acceptors (Lipinski definition) is 2. The maximum atomic E-state index is 10.6. The van der Waals surface area contributed by atoms with Gasteiger partial charge in [-0.15, -0.1) is 0 Å². The SMILES string of the molecule is NC(=O)CCCNCc1cccc(C2CC2)c1. The van der Waals surface area contributed by atoms with Crippen LogP contribution in [-0.2, 0) is 11.3 Å². The van der Waals surface area contributed by atoms with E-state index in [9.17, 15) is 4.79 Å². The number of carbonyl (C=O) groups excluding carboxylic acids is 1. The fourth-order valence-electron chi connectivity index (χ4n) is 1.99. The Balaban J connectivity index is 1.71. The lowest BCUT2D eigenvalue weighted by atomic mass is 10.1. The summed E-state index contributed by atoms with van der Waals surface area (Å²) in [6.45, 7) is 1.72. The highest BCUT2D eigenvalue weighted by Crippen LogP contribution is 2.40. The number of amides is 1. The van der Waals surface area contributed by atoms with Crippen molar-refractivity contribution in [2.24, 2.45) is 5.73 Å². The average molecular weight is 232 g/mol. The van der Waals surface area contributed by atoms with Crippen LogP contribution in [0.5, 0.6) is 0 Å². The molecule has 0 atom stereocenters. The summed E-state index contributed by atoms with van der Waals surface area (Å²) in [4.78, 5) is 10.6. The molecule has 1 aliphatic rings. The maximum absolute atomic E-state index is 10.6. The van der Waals surface area contributed by atoms with Crippen molar-refractivity contribution < 1.29 is 4.79 Å². The van der Waals surface area contributed by atoms with Crippen LogP contribution in [0, 0.1) is 0 Å². The number of nitrogens with one attached hydrogen (secondary N) is 1. The van der Waals surface area contributed by atoms with E-state index in [0.29, 0.717) is 6.42 Å². The van der Waals surface area contributed by atoms with Gasteiger partial charge in [-0.3, -0.25) is 4.79 Å². The van der Waals surface area contributed by atoms with Crippen LogP contribution in [0.25, 0.3) is 0 Å². The molecule has 0 spiro atoms. The monoisotopic (exact) mass is 232 g/mol. The van der Waals surface area contributed by atoms with Crippen LogP contribution in [0.4, 0.5) is 0 Å². The molecule has 17 heavy (non-hydrogen) atoms. The fourth-order valence-corrected chi connectivity index (χ4v) is 1.99. The minimum Gasteiger partial charge on any atom is -0.370 e. The highest BCUT2D eigenvalue weighted by Gasteiger charge is 2.23. The molecule has 1 aromatic rings. The lowest BCUT2D eigenvalue weighted by Gasteiger charge is -2.06. The highest BCUT2D eigenvalue weighted by atomic mass is 16.1. The number of primary amides is 1. The molecule has 3 heteroatoms. The summed E-state index contributed by atoms with van der Waals surface area (Å²) in [6, 6.07) is 8.79. The van der Waals surface area contributed by atoms with E-state index in [1.165, 1.54) is 24.0 Å². The van der Waals surface area contributed by atoms with Crippen LogP contribution in [0.15, 0.2) is 24.3 Å². The average Bonchev–Trinajstić information content (AvgIpc) is 3.12. The molecule has 0 radical (unpaired) electrons. The largest absolute Gasteiger partial charge is 0.370 e. The summed E-state index contributed by atoms with van der Waals surface area (Å²) in [7, 11) is 0. The van der Waals surface area contributed by atoms with Crippen molar-refractivity contribution in [1.82, 2.24) is 5.32 Å². The van der Waals surface area contributed by atoms with Gasteiger partial charge in [0.1, 0.15) is 0 Å². The third kappa shape index (κ3) is 4.19. The first-order valence-corrected chi connectivity index (χ1v) is 6.33. The molecule has 1 saturated carbocycles. The first-order chi connectivity index (χ1) is 8.25. The van der Waals surface area contributed by atoms with Gasteiger partial charge in [0.05, 0.1) is 0 Å². The third-order valence-corrected chi connectivity index (χ3v) is 3.11. The maximum Gasteiger partial charge on any atom is 0.217 e. The molecule has 0 aromatic heterocycles. The van der Waals surface area contributed by atoms with Crippen molar-refractivity contribution in [3.8, 4) is 0 Å². The Morgan fingerprint density at radius 3 is 2.94 bits per heavy atom. The number of hydrogen-bond donors (Lipinski definition) is 2. The Kier molecular flexibility index (Phi) is 4.15. The van der Waals surface area contributed by atoms with Gasteiger partial charge in [0.15, 0.2) is 0 Å². The molecular weight excluding hydrogens is 212 g/mol. The lowest BCUT2D eigenvalue weighted by molar-refractivity contribution is -0.118. The quantitative estimate of drug-likeness (QED) is 0.706. The standard InChI is InChI=1S/C14H20N2O/c15-14(17)5-2-8-16-10-11-3-1-4-13(9-11)12-6-7-12/h1,3-4,9,12,16H,2,5-8,10H2,(H2,15,17). The van der Waals surface area contributed by atoms with E-state index in [-0.39, 0.29) is 5.91 Å². The van der Waals surface area contributed by atoms with Gasteiger partial charge in [-0.2, -0.15) is 0 Å². The molecule has 0 unspecified atom stereocenters. The van der Waals surface area contributed by atoms with Crippen LogP contribution >= 0.6 is 0 Å². The smallest absolute Gasteiger partial charge is 0.217 e. The van der Waals surface area contributed by atoms with Crippen LogP contribution in [-0.4, -0.2) is 12.5 Å². The Labute approximate surface area is 102 Å². The lowest BCUT2D eigenvalue weighted by Crippen LogP contribution is -2.18. The minimum absolute atomic E-state index is 0.220. The summed E-state index contributed by atoms with van der Waals surface area (Å²) < 4.78 is 0. The van der Waals surface area contributed by atoms with Crippen LogP contribution in [0.3, 0.4) is 0 Å². The van der Waals surface area contributed by atoms with E-state index in [1.807, 2.05) is 0 Å². The Morgan fingerprint density at radius 1 is 1.41 bits per heavy atom. The van der Waals surface area contributed by atoms with E-state index >= 15 is 0 Å². The van der Waals surface area contributed by atoms with E-state index in [4.69, 9.17) is 5.73 Å². The van der Waals surface area contributed by atoms with Crippen LogP contribution in [0.2, 0.25) is 0 Å². The second kappa shape index (κ2) is 5.82. The molecule has 2 rings (SSSR count). The fraction of sp³-hybridized carbons (Fsp3) is 0.500. The van der Waals surface area contributed by atoms with Crippen molar-refractivity contribution in [3.05, 3.63) is 35.4 Å². The molecule has 1 aliphatic carbocycles. The third-order valence-electron chi connectivity index (χ3n) is 3.11. The van der Waals surface area contributed by atoms with E-state index in [0.717, 1.165) is 25.4 Å². The predicted octanol–water partition coefficient (Wildman–Crippen LogP) is 1.92. The summed E-state index contributed by atoms with van der Waals surface area (Å²) in [5.41, 5.74) is 7.88. The van der Waals surface area contributed by atoms with Crippen molar-refractivity contribution in [3.63, 3.8) is 0 Å². The van der Waals surface area contributed by atoms with Gasteiger partial charge in [-0.1, -0.05) is 24.3 Å². The van der Waals surface area contributed by atoms with E-state index in [1.54, 1.807) is 0 Å². The molecule has 3 N–H and O–H groups in total. The number of rotatable bonds is 7. The zero-order chi connectivity index (χ0) is 12.1. The minimum atomic E-state index is -0.220. The van der Waals surface area contributed by atoms with Gasteiger partial charge in [-0.25, -0.2) is 0 Å². The zero-order valence-electron chi connectivity index (χ0n) is 10.1. The molecule has 3 nitrogen and oxygen atoms in total. The molecule has 0 bridgehead atoms. The van der Waals surface area contributed by atoms with Crippen LogP contribution in [0.1, 0.15) is 42.7 Å².